The fourth-order valence-electron chi connectivity index (χ4n) is 2.08. The molecule has 1 heterocycles. The predicted molar refractivity (Wildman–Crippen MR) is 85.4 cm³/mol. The molecule has 7 heteroatoms. The zero-order chi connectivity index (χ0) is 16.9. The normalized spacial score (nSPS) is 16.8. The molecule has 0 aromatic carbocycles. The molecular weight excluding hydrogens is 304 g/mol. The van der Waals surface area contributed by atoms with E-state index in [1.165, 1.54) is 11.3 Å². The van der Waals surface area contributed by atoms with Crippen LogP contribution in [-0.2, 0) is 19.9 Å². The quantitative estimate of drug-likeness (QED) is 0.625. The second-order valence-corrected chi connectivity index (χ2v) is 6.96. The fourth-order valence-corrected chi connectivity index (χ4v) is 2.87. The van der Waals surface area contributed by atoms with Gasteiger partial charge in [0.15, 0.2) is 0 Å². The van der Waals surface area contributed by atoms with Crippen LogP contribution in [0.2, 0.25) is 0 Å². The van der Waals surface area contributed by atoms with Crippen LogP contribution in [0.3, 0.4) is 0 Å². The SMILES string of the molecule is CC(C)CC(N)C(CC(=O)O)OC(=O)[C@](C)(N)c1cccs1. The number of thiophene rings is 1. The third-order valence-electron chi connectivity index (χ3n) is 3.31. The van der Waals surface area contributed by atoms with E-state index >= 15 is 0 Å². The van der Waals surface area contributed by atoms with Gasteiger partial charge in [0.2, 0.25) is 0 Å². The molecule has 0 radical (unpaired) electrons. The van der Waals surface area contributed by atoms with Gasteiger partial charge >= 0.3 is 11.9 Å². The number of esters is 1. The summed E-state index contributed by atoms with van der Waals surface area (Å²) in [4.78, 5) is 24.0. The van der Waals surface area contributed by atoms with Crippen molar-refractivity contribution in [2.24, 2.45) is 17.4 Å². The minimum absolute atomic E-state index is 0.270. The van der Waals surface area contributed by atoms with Crippen LogP contribution < -0.4 is 11.5 Å². The average Bonchev–Trinajstić information content (AvgIpc) is 2.90. The Labute approximate surface area is 134 Å². The van der Waals surface area contributed by atoms with Gasteiger partial charge in [-0.15, -0.1) is 11.3 Å². The van der Waals surface area contributed by atoms with E-state index < -0.39 is 29.6 Å². The summed E-state index contributed by atoms with van der Waals surface area (Å²) in [5.41, 5.74) is 10.7. The molecule has 3 atom stereocenters. The summed E-state index contributed by atoms with van der Waals surface area (Å²) < 4.78 is 5.35. The number of carbonyl (C=O) groups excluding carboxylic acids is 1. The largest absolute Gasteiger partial charge is 0.481 e. The molecule has 0 saturated carbocycles. The average molecular weight is 328 g/mol. The first-order valence-electron chi connectivity index (χ1n) is 7.16. The number of carboxylic acids is 1. The molecule has 0 fully saturated rings. The first kappa shape index (κ1) is 18.6. The molecule has 5 N–H and O–H groups in total. The van der Waals surface area contributed by atoms with Gasteiger partial charge in [0.1, 0.15) is 11.6 Å². The molecule has 0 amide bonds. The number of ether oxygens (including phenoxy) is 1. The highest BCUT2D eigenvalue weighted by molar-refractivity contribution is 7.10. The molecule has 1 rings (SSSR count). The maximum Gasteiger partial charge on any atom is 0.331 e. The van der Waals surface area contributed by atoms with Crippen molar-refractivity contribution in [2.45, 2.75) is 51.3 Å². The molecule has 6 nitrogen and oxygen atoms in total. The van der Waals surface area contributed by atoms with E-state index in [9.17, 15) is 9.59 Å². The second kappa shape index (κ2) is 7.71. The number of hydrogen-bond donors (Lipinski definition) is 3. The van der Waals surface area contributed by atoms with Gasteiger partial charge in [-0.1, -0.05) is 19.9 Å². The number of carbonyl (C=O) groups is 2. The predicted octanol–water partition coefficient (Wildman–Crippen LogP) is 1.68. The van der Waals surface area contributed by atoms with E-state index in [4.69, 9.17) is 21.3 Å². The Bertz CT molecular complexity index is 500. The molecule has 0 aliphatic carbocycles. The maximum absolute atomic E-state index is 12.4. The van der Waals surface area contributed by atoms with Crippen LogP contribution in [0.5, 0.6) is 0 Å². The highest BCUT2D eigenvalue weighted by Gasteiger charge is 2.37. The van der Waals surface area contributed by atoms with Gasteiger partial charge in [-0.2, -0.15) is 0 Å². The van der Waals surface area contributed by atoms with Crippen LogP contribution in [-0.4, -0.2) is 29.2 Å². The summed E-state index contributed by atoms with van der Waals surface area (Å²) in [7, 11) is 0. The topological polar surface area (TPSA) is 116 Å². The Kier molecular flexibility index (Phi) is 6.52. The maximum atomic E-state index is 12.4. The Morgan fingerprint density at radius 2 is 2.09 bits per heavy atom. The van der Waals surface area contributed by atoms with E-state index in [2.05, 4.69) is 0 Å². The summed E-state index contributed by atoms with van der Waals surface area (Å²) in [5.74, 6) is -1.46. The van der Waals surface area contributed by atoms with Gasteiger partial charge in [-0.3, -0.25) is 4.79 Å². The summed E-state index contributed by atoms with van der Waals surface area (Å²) in [5, 5.41) is 10.8. The number of rotatable bonds is 8. The van der Waals surface area contributed by atoms with Crippen LogP contribution >= 0.6 is 11.3 Å². The Morgan fingerprint density at radius 1 is 1.45 bits per heavy atom. The van der Waals surface area contributed by atoms with E-state index in [1.807, 2.05) is 19.2 Å². The smallest absolute Gasteiger partial charge is 0.331 e. The molecule has 22 heavy (non-hydrogen) atoms. The standard InChI is InChI=1S/C15H24N2O4S/c1-9(2)7-10(16)11(8-13(18)19)21-14(20)15(3,17)12-5-4-6-22-12/h4-6,9-11H,7-8,16-17H2,1-3H3,(H,18,19)/t10?,11?,15-/m1/s1. The lowest BCUT2D eigenvalue weighted by molar-refractivity contribution is -0.159. The van der Waals surface area contributed by atoms with Crippen molar-refractivity contribution in [3.63, 3.8) is 0 Å². The van der Waals surface area contributed by atoms with Crippen molar-refractivity contribution < 1.29 is 19.4 Å². The number of carboxylic acid groups (broad SMARTS) is 1. The van der Waals surface area contributed by atoms with Crippen LogP contribution in [0.1, 0.15) is 38.5 Å². The van der Waals surface area contributed by atoms with Crippen LogP contribution in [0.4, 0.5) is 0 Å². The van der Waals surface area contributed by atoms with Crippen LogP contribution in [0.25, 0.3) is 0 Å². The van der Waals surface area contributed by atoms with E-state index in [1.54, 1.807) is 19.1 Å². The lowest BCUT2D eigenvalue weighted by atomic mass is 9.97. The molecular formula is C15H24N2O4S. The Hall–Kier alpha value is -1.44. The van der Waals surface area contributed by atoms with Crippen molar-refractivity contribution in [1.82, 2.24) is 0 Å². The molecule has 0 spiro atoms. The van der Waals surface area contributed by atoms with Gasteiger partial charge in [0.25, 0.3) is 0 Å². The van der Waals surface area contributed by atoms with Gasteiger partial charge in [0.05, 0.1) is 6.42 Å². The molecule has 0 saturated heterocycles. The van der Waals surface area contributed by atoms with Crippen LogP contribution in [0.15, 0.2) is 17.5 Å². The highest BCUT2D eigenvalue weighted by atomic mass is 32.1. The van der Waals surface area contributed by atoms with E-state index in [0.29, 0.717) is 11.3 Å². The summed E-state index contributed by atoms with van der Waals surface area (Å²) in [6, 6.07) is 2.99. The van der Waals surface area contributed by atoms with Gasteiger partial charge in [-0.25, -0.2) is 4.79 Å². The zero-order valence-corrected chi connectivity index (χ0v) is 13.9. The van der Waals surface area contributed by atoms with Gasteiger partial charge in [-0.05, 0) is 30.7 Å². The Morgan fingerprint density at radius 3 is 2.55 bits per heavy atom. The fraction of sp³-hybridized carbons (Fsp3) is 0.600. The molecule has 1 aromatic heterocycles. The first-order chi connectivity index (χ1) is 10.1. The minimum Gasteiger partial charge on any atom is -0.481 e. The minimum atomic E-state index is -1.32. The first-order valence-corrected chi connectivity index (χ1v) is 8.03. The van der Waals surface area contributed by atoms with Crippen molar-refractivity contribution in [1.29, 1.82) is 0 Å². The second-order valence-electron chi connectivity index (χ2n) is 6.01. The van der Waals surface area contributed by atoms with Gasteiger partial charge in [0, 0.05) is 10.9 Å². The number of aliphatic carboxylic acids is 1. The highest BCUT2D eigenvalue weighted by Crippen LogP contribution is 2.25. The Balaban J connectivity index is 2.84. The van der Waals surface area contributed by atoms with Gasteiger partial charge < -0.3 is 21.3 Å². The van der Waals surface area contributed by atoms with E-state index in [-0.39, 0.29) is 12.3 Å². The molecule has 0 aliphatic rings. The summed E-state index contributed by atoms with van der Waals surface area (Å²) >= 11 is 1.34. The van der Waals surface area contributed by atoms with Crippen molar-refractivity contribution >= 4 is 23.3 Å². The molecule has 0 aliphatic heterocycles. The van der Waals surface area contributed by atoms with Crippen molar-refractivity contribution in [2.75, 3.05) is 0 Å². The van der Waals surface area contributed by atoms with Crippen LogP contribution in [0, 0.1) is 5.92 Å². The number of nitrogens with two attached hydrogens (primary N) is 2. The molecule has 2 unspecified atom stereocenters. The summed E-state index contributed by atoms with van der Waals surface area (Å²) in [6.45, 7) is 5.49. The molecule has 0 bridgehead atoms. The third-order valence-corrected chi connectivity index (χ3v) is 4.42. The monoisotopic (exact) mass is 328 g/mol. The zero-order valence-electron chi connectivity index (χ0n) is 13.1. The molecule has 1 aromatic rings. The third kappa shape index (κ3) is 5.08. The molecule has 124 valence electrons. The summed E-state index contributed by atoms with van der Waals surface area (Å²) in [6.07, 6.45) is -0.665. The number of hydrogen-bond acceptors (Lipinski definition) is 6. The van der Waals surface area contributed by atoms with E-state index in [0.717, 1.165) is 0 Å². The van der Waals surface area contributed by atoms with Crippen molar-refractivity contribution in [3.05, 3.63) is 22.4 Å². The lowest BCUT2D eigenvalue weighted by Gasteiger charge is -2.28. The van der Waals surface area contributed by atoms with Crippen molar-refractivity contribution in [3.8, 4) is 0 Å². The lowest BCUT2D eigenvalue weighted by Crippen LogP contribution is -2.48.